The molecule has 2 saturated heterocycles. The number of Topliss-reactive ketones (excluding diaryl/α,β-unsaturated/α-hetero) is 2. The van der Waals surface area contributed by atoms with Gasteiger partial charge in [-0.1, -0.05) is 30.8 Å². The van der Waals surface area contributed by atoms with Crippen LogP contribution in [0.25, 0.3) is 0 Å². The fourth-order valence-electron chi connectivity index (χ4n) is 8.16. The van der Waals surface area contributed by atoms with E-state index in [2.05, 4.69) is 10.6 Å². The molecule has 4 heterocycles. The third-order valence-corrected chi connectivity index (χ3v) is 11.1. The second kappa shape index (κ2) is 13.9. The molecule has 52 heavy (non-hydrogen) atoms. The molecule has 4 aliphatic rings. The minimum absolute atomic E-state index is 0.0306. The van der Waals surface area contributed by atoms with Gasteiger partial charge in [-0.3, -0.25) is 14.4 Å². The number of rotatable bonds is 11. The molecule has 7 N–H and O–H groups in total. The number of hydrogen-bond donors (Lipinski definition) is 6. The predicted molar refractivity (Wildman–Crippen MR) is 192 cm³/mol. The molecular weight excluding hydrogens is 689 g/mol. The molecule has 1 amide bonds. The lowest BCUT2D eigenvalue weighted by Gasteiger charge is -2.37. The average molecular weight is 729 g/mol. The van der Waals surface area contributed by atoms with Crippen LogP contribution in [0.15, 0.2) is 54.6 Å². The third kappa shape index (κ3) is 5.70. The molecular formula is C38H40N4O9S. The van der Waals surface area contributed by atoms with Gasteiger partial charge in [-0.2, -0.15) is 0 Å². The molecule has 0 radical (unpaired) electrons. The lowest BCUT2D eigenvalue weighted by molar-refractivity contribution is -0.153. The smallest absolute Gasteiger partial charge is 0.342 e. The number of nitrogens with two attached hydrogens (primary N) is 1. The Morgan fingerprint density at radius 2 is 1.69 bits per heavy atom. The molecule has 1 spiro atoms. The number of fused-ring (bicyclic) bond motifs is 6. The number of aliphatic hydroxyl groups excluding tert-OH is 1. The maximum atomic E-state index is 14.1. The second-order valence-corrected chi connectivity index (χ2v) is 14.2. The summed E-state index contributed by atoms with van der Waals surface area (Å²) >= 11 is 5.93. The Bertz CT molecular complexity index is 1930. The molecule has 3 aromatic carbocycles. The van der Waals surface area contributed by atoms with Gasteiger partial charge in [-0.15, -0.1) is 0 Å². The summed E-state index contributed by atoms with van der Waals surface area (Å²) in [5, 5.41) is 37.1. The molecule has 7 rings (SSSR count). The first-order valence-electron chi connectivity index (χ1n) is 17.5. The fourth-order valence-corrected chi connectivity index (χ4v) is 8.43. The number of amides is 1. The van der Waals surface area contributed by atoms with Crippen molar-refractivity contribution in [2.24, 2.45) is 11.7 Å². The highest BCUT2D eigenvalue weighted by molar-refractivity contribution is 7.80. The molecule has 0 saturated carbocycles. The van der Waals surface area contributed by atoms with E-state index in [1.807, 2.05) is 0 Å². The lowest BCUT2D eigenvalue weighted by Crippen LogP contribution is -2.62. The van der Waals surface area contributed by atoms with Crippen LogP contribution in [0.1, 0.15) is 72.0 Å². The average Bonchev–Trinajstić information content (AvgIpc) is 3.88. The minimum Gasteiger partial charge on any atom is -0.508 e. The predicted octanol–water partition coefficient (Wildman–Crippen LogP) is 3.39. The van der Waals surface area contributed by atoms with Crippen molar-refractivity contribution in [1.82, 2.24) is 10.2 Å². The number of ether oxygens (including phenoxy) is 2. The van der Waals surface area contributed by atoms with Crippen LogP contribution in [-0.2, 0) is 24.7 Å². The zero-order valence-corrected chi connectivity index (χ0v) is 29.2. The van der Waals surface area contributed by atoms with Gasteiger partial charge < -0.3 is 46.1 Å². The van der Waals surface area contributed by atoms with Crippen LogP contribution < -0.4 is 21.1 Å². The molecule has 4 aliphatic heterocycles. The number of unbranched alkanes of at least 4 members (excludes halogenated alkanes) is 2. The Morgan fingerprint density at radius 1 is 0.981 bits per heavy atom. The number of ketones is 2. The molecule has 13 nitrogen and oxygen atoms in total. The highest BCUT2D eigenvalue weighted by Gasteiger charge is 2.59. The van der Waals surface area contributed by atoms with Crippen LogP contribution in [0.3, 0.4) is 0 Å². The summed E-state index contributed by atoms with van der Waals surface area (Å²) in [7, 11) is 0. The number of nitrogens with one attached hydrogen (secondary N) is 2. The number of benzene rings is 3. The number of thiocarbonyl (C=S) groups is 1. The number of aromatic hydroxyl groups is 2. The third-order valence-electron chi connectivity index (χ3n) is 10.6. The van der Waals surface area contributed by atoms with Crippen LogP contribution in [0.2, 0.25) is 0 Å². The van der Waals surface area contributed by atoms with Crippen LogP contribution in [0.4, 0.5) is 5.69 Å². The normalized spacial score (nSPS) is 22.3. The SMILES string of the molecule is NCCCCCC(=O)C1(C(=O)CO)CC(C(=S)Nc2cccc3c2C(=O)OC32c3ccc(O)cc3Oc3cc(O)ccc32)CN1C(=O)[C@@H]1CCCN1. The van der Waals surface area contributed by atoms with E-state index in [0.29, 0.717) is 61.2 Å². The van der Waals surface area contributed by atoms with Gasteiger partial charge in [0.1, 0.15) is 29.6 Å². The Morgan fingerprint density at radius 3 is 2.33 bits per heavy atom. The lowest BCUT2D eigenvalue weighted by atomic mass is 9.77. The zero-order chi connectivity index (χ0) is 36.8. The number of carbonyl (C=O) groups is 4. The number of aliphatic hydroxyl groups is 1. The molecule has 0 aliphatic carbocycles. The van der Waals surface area contributed by atoms with E-state index >= 15 is 0 Å². The van der Waals surface area contributed by atoms with Crippen LogP contribution in [0, 0.1) is 5.92 Å². The van der Waals surface area contributed by atoms with Crippen LogP contribution >= 0.6 is 12.2 Å². The van der Waals surface area contributed by atoms with Gasteiger partial charge in [0.2, 0.25) is 5.91 Å². The highest BCUT2D eigenvalue weighted by Crippen LogP contribution is 2.58. The first-order valence-corrected chi connectivity index (χ1v) is 17.9. The van der Waals surface area contributed by atoms with E-state index in [4.69, 9.17) is 27.4 Å². The van der Waals surface area contributed by atoms with Crippen molar-refractivity contribution in [2.75, 3.05) is 31.6 Å². The van der Waals surface area contributed by atoms with Crippen molar-refractivity contribution >= 4 is 46.3 Å². The Balaban J connectivity index is 1.25. The number of anilines is 1. The van der Waals surface area contributed by atoms with Crippen molar-refractivity contribution in [3.63, 3.8) is 0 Å². The molecule has 272 valence electrons. The van der Waals surface area contributed by atoms with Gasteiger partial charge >= 0.3 is 5.97 Å². The number of hydrogen-bond acceptors (Lipinski definition) is 12. The summed E-state index contributed by atoms with van der Waals surface area (Å²) in [6.07, 6.45) is 3.08. The number of phenols is 2. The standard InChI is InChI=1S/C38H40N4O9S/c39-14-3-1-2-9-31(46)37(32(47)20-43)18-21(19-42(37)35(48)28-8-5-15-40-28)34(52)41-27-7-4-6-26-33(27)36(49)51-38(26)24-12-10-22(44)16-29(24)50-30-17-23(45)11-13-25(30)38/h4,6-7,10-13,16-17,21,28,40,43-45H,1-3,5,8-9,14-15,18-20,39H2,(H,41,52)/t21?,28-,37?/m0/s1. The summed E-state index contributed by atoms with van der Waals surface area (Å²) in [4.78, 5) is 57.2. The number of nitrogens with zero attached hydrogens (tertiary/aromatic N) is 1. The fraction of sp³-hybridized carbons (Fsp3) is 0.395. The molecule has 0 bridgehead atoms. The largest absolute Gasteiger partial charge is 0.508 e. The summed E-state index contributed by atoms with van der Waals surface area (Å²) in [5.74, 6) is -2.61. The molecule has 2 fully saturated rings. The van der Waals surface area contributed by atoms with E-state index in [1.165, 1.54) is 29.2 Å². The van der Waals surface area contributed by atoms with E-state index in [9.17, 15) is 34.5 Å². The number of esters is 1. The molecule has 3 aromatic rings. The molecule has 0 aromatic heterocycles. The van der Waals surface area contributed by atoms with Gasteiger partial charge in [0.05, 0.1) is 22.3 Å². The van der Waals surface area contributed by atoms with Crippen LogP contribution in [0.5, 0.6) is 23.0 Å². The second-order valence-electron chi connectivity index (χ2n) is 13.7. The summed E-state index contributed by atoms with van der Waals surface area (Å²) in [6, 6.07) is 13.5. The first kappa shape index (κ1) is 35.5. The highest BCUT2D eigenvalue weighted by atomic mass is 32.1. The monoisotopic (exact) mass is 728 g/mol. The zero-order valence-electron chi connectivity index (χ0n) is 28.4. The van der Waals surface area contributed by atoms with Crippen molar-refractivity contribution in [3.8, 4) is 23.0 Å². The van der Waals surface area contributed by atoms with Gasteiger partial charge in [0, 0.05) is 47.7 Å². The topological polar surface area (TPSA) is 201 Å². The van der Waals surface area contributed by atoms with E-state index in [0.717, 1.165) is 6.42 Å². The van der Waals surface area contributed by atoms with Gasteiger partial charge in [0.15, 0.2) is 22.7 Å². The number of phenolic OH excluding ortho intramolecular Hbond substituents is 2. The Labute approximate surface area is 305 Å². The van der Waals surface area contributed by atoms with Crippen molar-refractivity contribution < 1.29 is 44.0 Å². The number of carbonyl (C=O) groups excluding carboxylic acids is 4. The summed E-state index contributed by atoms with van der Waals surface area (Å²) in [5.41, 5.74) is 4.10. The first-order chi connectivity index (χ1) is 25.0. The van der Waals surface area contributed by atoms with Gasteiger partial charge in [-0.05, 0) is 75.5 Å². The Hall–Kier alpha value is -4.89. The van der Waals surface area contributed by atoms with Gasteiger partial charge in [-0.25, -0.2) is 4.79 Å². The molecule has 3 atom stereocenters. The molecule has 14 heteroatoms. The van der Waals surface area contributed by atoms with E-state index < -0.39 is 47.2 Å². The van der Waals surface area contributed by atoms with Crippen LogP contribution in [-0.4, -0.2) is 86.5 Å². The van der Waals surface area contributed by atoms with E-state index in [-0.39, 0.29) is 58.8 Å². The van der Waals surface area contributed by atoms with Gasteiger partial charge in [0.25, 0.3) is 0 Å². The Kier molecular flexibility index (Phi) is 9.50. The minimum atomic E-state index is -1.90. The maximum absolute atomic E-state index is 14.1. The quantitative estimate of drug-likeness (QED) is 0.0727. The number of likely N-dealkylation sites (tertiary alicyclic amines) is 1. The van der Waals surface area contributed by atoms with Crippen molar-refractivity contribution in [2.45, 2.75) is 62.1 Å². The summed E-state index contributed by atoms with van der Waals surface area (Å²) < 4.78 is 12.3. The maximum Gasteiger partial charge on any atom is 0.342 e. The van der Waals surface area contributed by atoms with Crippen molar-refractivity contribution in [3.05, 3.63) is 76.9 Å². The molecule has 2 unspecified atom stereocenters. The van der Waals surface area contributed by atoms with Crippen molar-refractivity contribution in [1.29, 1.82) is 0 Å². The van der Waals surface area contributed by atoms with E-state index in [1.54, 1.807) is 30.3 Å². The summed E-state index contributed by atoms with van der Waals surface area (Å²) in [6.45, 7) is 0.123.